The molecule has 1 fully saturated rings. The van der Waals surface area contributed by atoms with Crippen molar-refractivity contribution in [3.8, 4) is 0 Å². The van der Waals surface area contributed by atoms with Gasteiger partial charge in [0.2, 0.25) is 10.0 Å². The maximum absolute atomic E-state index is 12.2. The van der Waals surface area contributed by atoms with Crippen molar-refractivity contribution in [2.45, 2.75) is 12.5 Å². The average molecular weight is 286 g/mol. The van der Waals surface area contributed by atoms with Crippen molar-refractivity contribution in [3.05, 3.63) is 30.1 Å². The van der Waals surface area contributed by atoms with Crippen molar-refractivity contribution < 1.29 is 18.3 Å². The second kappa shape index (κ2) is 6.42. The molecule has 0 aliphatic carbocycles. The van der Waals surface area contributed by atoms with Crippen LogP contribution in [-0.4, -0.2) is 61.0 Å². The molecule has 1 aliphatic rings. The fourth-order valence-electron chi connectivity index (χ4n) is 1.96. The quantitative estimate of drug-likeness (QED) is 0.800. The van der Waals surface area contributed by atoms with Crippen molar-refractivity contribution in [2.24, 2.45) is 0 Å². The smallest absolute Gasteiger partial charge is 0.214 e. The molecule has 2 rings (SSSR count). The summed E-state index contributed by atoms with van der Waals surface area (Å²) in [5.41, 5.74) is 0.762. The zero-order valence-corrected chi connectivity index (χ0v) is 11.4. The first-order valence-electron chi connectivity index (χ1n) is 6.22. The van der Waals surface area contributed by atoms with Crippen LogP contribution in [-0.2, 0) is 21.2 Å². The molecule has 1 N–H and O–H groups in total. The lowest BCUT2D eigenvalue weighted by molar-refractivity contribution is -0.0304. The van der Waals surface area contributed by atoms with Gasteiger partial charge in [-0.2, -0.15) is 4.31 Å². The third kappa shape index (κ3) is 3.97. The van der Waals surface area contributed by atoms with Crippen molar-refractivity contribution in [1.29, 1.82) is 0 Å². The van der Waals surface area contributed by atoms with Crippen LogP contribution in [0.3, 0.4) is 0 Å². The van der Waals surface area contributed by atoms with Crippen LogP contribution < -0.4 is 0 Å². The van der Waals surface area contributed by atoms with E-state index in [1.165, 1.54) is 4.31 Å². The Hall–Kier alpha value is -1.02. The lowest BCUT2D eigenvalue weighted by Gasteiger charge is -2.31. The Labute approximate surface area is 113 Å². The fourth-order valence-corrected chi connectivity index (χ4v) is 3.44. The van der Waals surface area contributed by atoms with Gasteiger partial charge in [-0.1, -0.05) is 6.07 Å². The molecule has 0 aromatic carbocycles. The average Bonchev–Trinajstić information content (AvgIpc) is 2.46. The molecule has 1 saturated heterocycles. The summed E-state index contributed by atoms with van der Waals surface area (Å²) in [6.45, 7) is 0.738. The van der Waals surface area contributed by atoms with E-state index in [-0.39, 0.29) is 18.9 Å². The zero-order valence-electron chi connectivity index (χ0n) is 10.6. The number of rotatable bonds is 5. The van der Waals surface area contributed by atoms with Crippen LogP contribution in [0.15, 0.2) is 24.4 Å². The van der Waals surface area contributed by atoms with Crippen molar-refractivity contribution in [3.63, 3.8) is 0 Å². The summed E-state index contributed by atoms with van der Waals surface area (Å²) in [7, 11) is -3.32. The van der Waals surface area contributed by atoms with Gasteiger partial charge in [-0.3, -0.25) is 4.98 Å². The number of aliphatic hydroxyl groups is 1. The third-order valence-electron chi connectivity index (χ3n) is 3.04. The number of pyridine rings is 1. The number of aliphatic hydroxyl groups excluding tert-OH is 1. The second-order valence-corrected chi connectivity index (χ2v) is 6.51. The van der Waals surface area contributed by atoms with E-state index in [4.69, 9.17) is 9.84 Å². The predicted molar refractivity (Wildman–Crippen MR) is 70.1 cm³/mol. The van der Waals surface area contributed by atoms with Crippen LogP contribution in [0, 0.1) is 0 Å². The number of hydrogen-bond donors (Lipinski definition) is 1. The van der Waals surface area contributed by atoms with Gasteiger partial charge in [0.05, 0.1) is 25.1 Å². The Kier molecular flexibility index (Phi) is 4.87. The highest BCUT2D eigenvalue weighted by atomic mass is 32.2. The van der Waals surface area contributed by atoms with Crippen LogP contribution in [0.25, 0.3) is 0 Å². The lowest BCUT2D eigenvalue weighted by Crippen LogP contribution is -2.47. The van der Waals surface area contributed by atoms with Crippen molar-refractivity contribution >= 4 is 10.0 Å². The van der Waals surface area contributed by atoms with Gasteiger partial charge in [0.1, 0.15) is 0 Å². The van der Waals surface area contributed by atoms with Crippen LogP contribution >= 0.6 is 0 Å². The minimum Gasteiger partial charge on any atom is -0.394 e. The summed E-state index contributed by atoms with van der Waals surface area (Å²) in [5, 5.41) is 9.03. The molecule has 0 amide bonds. The van der Waals surface area contributed by atoms with E-state index in [2.05, 4.69) is 4.98 Å². The van der Waals surface area contributed by atoms with E-state index in [1.54, 1.807) is 12.3 Å². The number of aryl methyl sites for hydroxylation is 1. The highest BCUT2D eigenvalue weighted by molar-refractivity contribution is 7.89. The van der Waals surface area contributed by atoms with E-state index in [0.29, 0.717) is 19.6 Å². The molecule has 0 spiro atoms. The second-order valence-electron chi connectivity index (χ2n) is 4.42. The zero-order chi connectivity index (χ0) is 13.7. The number of morpholine rings is 1. The molecular weight excluding hydrogens is 268 g/mol. The molecular formula is C12H18N2O4S. The monoisotopic (exact) mass is 286 g/mol. The molecule has 1 aromatic rings. The molecule has 1 aromatic heterocycles. The molecule has 7 heteroatoms. The van der Waals surface area contributed by atoms with E-state index in [1.807, 2.05) is 12.1 Å². The van der Waals surface area contributed by atoms with E-state index in [9.17, 15) is 8.42 Å². The Morgan fingerprint density at radius 3 is 3.00 bits per heavy atom. The Morgan fingerprint density at radius 2 is 2.32 bits per heavy atom. The van der Waals surface area contributed by atoms with E-state index >= 15 is 0 Å². The topological polar surface area (TPSA) is 79.7 Å². The van der Waals surface area contributed by atoms with Gasteiger partial charge < -0.3 is 9.84 Å². The molecule has 2 heterocycles. The van der Waals surface area contributed by atoms with E-state index < -0.39 is 16.1 Å². The van der Waals surface area contributed by atoms with Gasteiger partial charge in [-0.15, -0.1) is 0 Å². The molecule has 106 valence electrons. The molecule has 0 saturated carbocycles. The van der Waals surface area contributed by atoms with Gasteiger partial charge in [0.15, 0.2) is 0 Å². The number of hydrogen-bond acceptors (Lipinski definition) is 5. The fraction of sp³-hybridized carbons (Fsp3) is 0.583. The van der Waals surface area contributed by atoms with E-state index in [0.717, 1.165) is 5.69 Å². The number of sulfonamides is 1. The molecule has 1 aliphatic heterocycles. The number of aromatic nitrogens is 1. The molecule has 0 bridgehead atoms. The summed E-state index contributed by atoms with van der Waals surface area (Å²) in [6, 6.07) is 5.45. The predicted octanol–water partition coefficient (Wildman–Crippen LogP) is -0.353. The third-order valence-corrected chi connectivity index (χ3v) is 4.88. The molecule has 6 nitrogen and oxygen atoms in total. The largest absolute Gasteiger partial charge is 0.394 e. The van der Waals surface area contributed by atoms with Crippen LogP contribution in [0.4, 0.5) is 0 Å². The lowest BCUT2D eigenvalue weighted by atomic mass is 10.3. The highest BCUT2D eigenvalue weighted by Gasteiger charge is 2.28. The first-order chi connectivity index (χ1) is 9.12. The summed E-state index contributed by atoms with van der Waals surface area (Å²) < 4.78 is 31.0. The van der Waals surface area contributed by atoms with Gasteiger partial charge in [0.25, 0.3) is 0 Å². The molecule has 0 radical (unpaired) electrons. The van der Waals surface area contributed by atoms with Crippen molar-refractivity contribution in [1.82, 2.24) is 9.29 Å². The Morgan fingerprint density at radius 1 is 1.47 bits per heavy atom. The number of nitrogens with zero attached hydrogens (tertiary/aromatic N) is 2. The SMILES string of the molecule is O=S(=O)(CCc1ccccn1)N1CCOC(CO)C1. The maximum Gasteiger partial charge on any atom is 0.214 e. The summed E-state index contributed by atoms with van der Waals surface area (Å²) in [5.74, 6) is 0.0299. The normalized spacial score (nSPS) is 21.4. The first kappa shape index (κ1) is 14.4. The molecule has 1 unspecified atom stereocenters. The summed E-state index contributed by atoms with van der Waals surface area (Å²) in [6.07, 6.45) is 1.63. The summed E-state index contributed by atoms with van der Waals surface area (Å²) in [4.78, 5) is 4.11. The Balaban J connectivity index is 1.94. The van der Waals surface area contributed by atoms with Gasteiger partial charge in [-0.25, -0.2) is 8.42 Å². The van der Waals surface area contributed by atoms with Gasteiger partial charge in [0, 0.05) is 31.4 Å². The molecule has 1 atom stereocenters. The minimum absolute atomic E-state index is 0.0299. The standard InChI is InChI=1S/C12H18N2O4S/c15-10-12-9-14(6-7-18-12)19(16,17)8-4-11-3-1-2-5-13-11/h1-3,5,12,15H,4,6-10H2. The highest BCUT2D eigenvalue weighted by Crippen LogP contribution is 2.11. The first-order valence-corrected chi connectivity index (χ1v) is 7.83. The summed E-state index contributed by atoms with van der Waals surface area (Å²) >= 11 is 0. The van der Waals surface area contributed by atoms with Crippen molar-refractivity contribution in [2.75, 3.05) is 32.1 Å². The van der Waals surface area contributed by atoms with Gasteiger partial charge in [-0.05, 0) is 12.1 Å². The van der Waals surface area contributed by atoms with Crippen LogP contribution in [0.2, 0.25) is 0 Å². The van der Waals surface area contributed by atoms with Crippen LogP contribution in [0.1, 0.15) is 5.69 Å². The molecule has 19 heavy (non-hydrogen) atoms. The van der Waals surface area contributed by atoms with Crippen LogP contribution in [0.5, 0.6) is 0 Å². The Bertz CT molecular complexity index is 492. The number of ether oxygens (including phenoxy) is 1. The maximum atomic E-state index is 12.2. The minimum atomic E-state index is -3.32. The van der Waals surface area contributed by atoms with Gasteiger partial charge >= 0.3 is 0 Å².